The molecule has 1 aromatic heterocycles. The van der Waals surface area contributed by atoms with Crippen LogP contribution in [-0.2, 0) is 9.59 Å². The summed E-state index contributed by atoms with van der Waals surface area (Å²) in [5.74, 6) is 1.46. The average molecular weight is 557 g/mol. The zero-order chi connectivity index (χ0) is 28.5. The molecular formula is C28H37ClN6O4. The molecule has 1 atom stereocenters. The van der Waals surface area contributed by atoms with Gasteiger partial charge in [0.05, 0.1) is 16.3 Å². The number of carbonyl (C=O) groups is 2. The monoisotopic (exact) mass is 556 g/mol. The maximum atomic E-state index is 12.7. The van der Waals surface area contributed by atoms with Gasteiger partial charge in [-0.3, -0.25) is 9.59 Å². The van der Waals surface area contributed by atoms with E-state index < -0.39 is 6.10 Å². The number of halogens is 1. The molecule has 2 aliphatic rings. The Bertz CT molecular complexity index is 1300. The summed E-state index contributed by atoms with van der Waals surface area (Å²) >= 11 is 6.61. The number of nitrogens with two attached hydrogens (primary N) is 1. The summed E-state index contributed by atoms with van der Waals surface area (Å²) in [6.07, 6.45) is 0.268. The Labute approximate surface area is 234 Å². The van der Waals surface area contributed by atoms with E-state index in [9.17, 15) is 14.7 Å². The fraction of sp³-hybridized carbons (Fsp3) is 0.500. The number of aromatic nitrogens is 2. The van der Waals surface area contributed by atoms with Gasteiger partial charge in [0.2, 0.25) is 5.91 Å². The van der Waals surface area contributed by atoms with E-state index in [1.165, 1.54) is 6.92 Å². The quantitative estimate of drug-likeness (QED) is 0.398. The summed E-state index contributed by atoms with van der Waals surface area (Å²) in [6, 6.07) is 5.15. The number of likely N-dealkylation sites (N-methyl/N-ethyl adjacent to an activating group) is 1. The molecule has 2 aliphatic heterocycles. The molecule has 0 saturated carbocycles. The van der Waals surface area contributed by atoms with E-state index in [1.807, 2.05) is 11.8 Å². The molecule has 210 valence electrons. The highest BCUT2D eigenvalue weighted by Gasteiger charge is 2.49. The first kappa shape index (κ1) is 28.8. The minimum Gasteiger partial charge on any atom is -0.491 e. The largest absolute Gasteiger partial charge is 0.491 e. The van der Waals surface area contributed by atoms with Crippen molar-refractivity contribution in [2.75, 3.05) is 51.3 Å². The van der Waals surface area contributed by atoms with Gasteiger partial charge < -0.3 is 30.7 Å². The number of hydrogen-bond donors (Lipinski definition) is 3. The number of likely N-dealkylation sites (tertiary alicyclic amines) is 1. The lowest BCUT2D eigenvalue weighted by atomic mass is 9.79. The highest BCUT2D eigenvalue weighted by Crippen LogP contribution is 2.43. The van der Waals surface area contributed by atoms with Crippen LogP contribution in [0.4, 0.5) is 5.82 Å². The Morgan fingerprint density at radius 1 is 1.23 bits per heavy atom. The van der Waals surface area contributed by atoms with E-state index in [1.54, 1.807) is 39.1 Å². The van der Waals surface area contributed by atoms with Crippen molar-refractivity contribution in [3.05, 3.63) is 40.2 Å². The van der Waals surface area contributed by atoms with Crippen molar-refractivity contribution in [1.82, 2.24) is 20.2 Å². The van der Waals surface area contributed by atoms with Gasteiger partial charge in [0.15, 0.2) is 11.6 Å². The predicted molar refractivity (Wildman–Crippen MR) is 152 cm³/mol. The van der Waals surface area contributed by atoms with Crippen molar-refractivity contribution in [1.29, 1.82) is 0 Å². The molecule has 2 saturated heterocycles. The third kappa shape index (κ3) is 6.03. The highest BCUT2D eigenvalue weighted by molar-refractivity contribution is 6.33. The molecule has 1 spiro atoms. The Hall–Kier alpha value is -3.21. The second-order valence-corrected chi connectivity index (χ2v) is 11.1. The minimum atomic E-state index is -0.674. The van der Waals surface area contributed by atoms with Crippen LogP contribution in [0.3, 0.4) is 0 Å². The molecule has 2 aromatic rings. The lowest BCUT2D eigenvalue weighted by molar-refractivity contribution is -0.128. The number of carbonyl (C=O) groups excluding carboxylic acids is 2. The molecule has 4 N–H and O–H groups in total. The molecule has 0 unspecified atom stereocenters. The lowest BCUT2D eigenvalue weighted by Crippen LogP contribution is -2.58. The smallest absolute Gasteiger partial charge is 0.219 e. The number of nitrogens with zero attached hydrogens (tertiary/aromatic N) is 4. The third-order valence-electron chi connectivity index (χ3n) is 7.40. The fourth-order valence-electron chi connectivity index (χ4n) is 5.44. The van der Waals surface area contributed by atoms with Crippen LogP contribution in [0.15, 0.2) is 23.9 Å². The van der Waals surface area contributed by atoms with Crippen molar-refractivity contribution in [2.45, 2.75) is 40.2 Å². The molecule has 0 radical (unpaired) electrons. The van der Waals surface area contributed by atoms with Gasteiger partial charge in [0, 0.05) is 61.9 Å². The van der Waals surface area contributed by atoms with Crippen LogP contribution >= 0.6 is 11.6 Å². The topological polar surface area (TPSA) is 134 Å². The van der Waals surface area contributed by atoms with Crippen molar-refractivity contribution in [2.24, 2.45) is 11.1 Å². The van der Waals surface area contributed by atoms with Crippen molar-refractivity contribution < 1.29 is 19.4 Å². The number of rotatable bonds is 9. The van der Waals surface area contributed by atoms with E-state index in [0.717, 1.165) is 38.2 Å². The molecule has 11 heteroatoms. The van der Waals surface area contributed by atoms with Crippen LogP contribution < -0.4 is 20.7 Å². The van der Waals surface area contributed by atoms with Gasteiger partial charge in [0.1, 0.15) is 24.3 Å². The molecule has 3 heterocycles. The van der Waals surface area contributed by atoms with Gasteiger partial charge in [-0.05, 0) is 52.4 Å². The number of nitrogens with one attached hydrogen (secondary N) is 1. The Morgan fingerprint density at radius 2 is 1.95 bits per heavy atom. The molecule has 0 aliphatic carbocycles. The molecule has 2 fully saturated rings. The Kier molecular flexibility index (Phi) is 8.48. The number of ether oxygens (including phenoxy) is 1. The number of aliphatic hydroxyl groups is 1. The number of aliphatic hydroxyl groups excluding tert-OH is 1. The molecule has 0 bridgehead atoms. The van der Waals surface area contributed by atoms with Crippen molar-refractivity contribution in [3.8, 4) is 17.1 Å². The van der Waals surface area contributed by atoms with E-state index >= 15 is 0 Å². The zero-order valence-corrected chi connectivity index (χ0v) is 23.9. The normalized spacial score (nSPS) is 17.6. The van der Waals surface area contributed by atoms with E-state index in [2.05, 4.69) is 10.2 Å². The third-order valence-corrected chi connectivity index (χ3v) is 7.73. The predicted octanol–water partition coefficient (Wildman–Crippen LogP) is 2.40. The van der Waals surface area contributed by atoms with Crippen LogP contribution in [0.5, 0.6) is 5.75 Å². The highest BCUT2D eigenvalue weighted by atomic mass is 35.5. The average Bonchev–Trinajstić information content (AvgIpc) is 3.30. The van der Waals surface area contributed by atoms with Gasteiger partial charge in [-0.2, -0.15) is 0 Å². The summed E-state index contributed by atoms with van der Waals surface area (Å²) in [6.45, 7) is 10.1. The molecule has 4 rings (SSSR count). The molecule has 1 aromatic carbocycles. The van der Waals surface area contributed by atoms with Gasteiger partial charge in [0.25, 0.3) is 0 Å². The lowest BCUT2D eigenvalue weighted by Gasteiger charge is -2.49. The maximum Gasteiger partial charge on any atom is 0.219 e. The van der Waals surface area contributed by atoms with Crippen LogP contribution in [0.2, 0.25) is 5.02 Å². The zero-order valence-electron chi connectivity index (χ0n) is 23.2. The second-order valence-electron chi connectivity index (χ2n) is 10.7. The second kappa shape index (κ2) is 11.5. The minimum absolute atomic E-state index is 0.0337. The van der Waals surface area contributed by atoms with Gasteiger partial charge in [-0.15, -0.1) is 0 Å². The summed E-state index contributed by atoms with van der Waals surface area (Å²) < 4.78 is 5.79. The van der Waals surface area contributed by atoms with Gasteiger partial charge in [-0.25, -0.2) is 9.97 Å². The van der Waals surface area contributed by atoms with Crippen molar-refractivity contribution in [3.63, 3.8) is 0 Å². The van der Waals surface area contributed by atoms with E-state index in [4.69, 9.17) is 32.0 Å². The van der Waals surface area contributed by atoms with Gasteiger partial charge in [-0.1, -0.05) is 11.6 Å². The number of Topliss-reactive ketones (excluding diaryl/α,β-unsaturated/α-hetero) is 1. The molecule has 39 heavy (non-hydrogen) atoms. The first-order valence-corrected chi connectivity index (χ1v) is 13.4. The Balaban J connectivity index is 1.74. The fourth-order valence-corrected chi connectivity index (χ4v) is 5.64. The van der Waals surface area contributed by atoms with Crippen LogP contribution in [0, 0.1) is 12.3 Å². The number of ketones is 1. The van der Waals surface area contributed by atoms with Crippen LogP contribution in [0.25, 0.3) is 17.0 Å². The first-order valence-electron chi connectivity index (χ1n) is 13.1. The number of anilines is 1. The summed E-state index contributed by atoms with van der Waals surface area (Å²) in [4.78, 5) is 38.3. The summed E-state index contributed by atoms with van der Waals surface area (Å²) in [7, 11) is 1.76. The number of hydrogen-bond acceptors (Lipinski definition) is 9. The number of allylic oxidation sites excluding steroid dienone is 2. The van der Waals surface area contributed by atoms with Gasteiger partial charge >= 0.3 is 0 Å². The number of amides is 1. The van der Waals surface area contributed by atoms with Crippen LogP contribution in [-0.4, -0.2) is 84.1 Å². The standard InChI is InChI=1S/C28H37ClN6O4/c1-16-25(24(17(2)30)18(3)36)32-26(22-10-21(6-7-23(22)29)39-12-20(38)11-31-5)33-27(16)35-14-28(15-35)8-9-34(13-28)19(4)37/h6-7,10,20,31,38H,8-9,11-15,30H2,1-5H3/t20-/m1/s1. The summed E-state index contributed by atoms with van der Waals surface area (Å²) in [5.41, 5.74) is 8.66. The van der Waals surface area contributed by atoms with Crippen LogP contribution in [0.1, 0.15) is 38.4 Å². The van der Waals surface area contributed by atoms with E-state index in [-0.39, 0.29) is 23.7 Å². The van der Waals surface area contributed by atoms with E-state index in [0.29, 0.717) is 51.5 Å². The SMILES string of the molecule is CNC[C@@H](O)COc1ccc(Cl)c(-c2nc(C(C(C)=O)=C(C)N)c(C)c(N3CC4(CCN(C(C)=O)C4)C3)n2)c1. The molecule has 10 nitrogen and oxygen atoms in total. The number of benzene rings is 1. The Morgan fingerprint density at radius 3 is 2.54 bits per heavy atom. The first-order chi connectivity index (χ1) is 18.4. The maximum absolute atomic E-state index is 12.7. The molecular weight excluding hydrogens is 520 g/mol. The molecule has 1 amide bonds. The van der Waals surface area contributed by atoms with Crippen molar-refractivity contribution >= 4 is 34.7 Å². The summed E-state index contributed by atoms with van der Waals surface area (Å²) in [5, 5.41) is 13.4.